The first kappa shape index (κ1) is 12.4. The highest BCUT2D eigenvalue weighted by Gasteiger charge is 2.15. The molecular formula is C14H14O4. The van der Waals surface area contributed by atoms with Crippen molar-refractivity contribution in [3.05, 3.63) is 45.3 Å². The Bertz CT molecular complexity index is 667. The highest BCUT2D eigenvalue weighted by Crippen LogP contribution is 2.20. The van der Waals surface area contributed by atoms with Crippen molar-refractivity contribution in [3.8, 4) is 0 Å². The smallest absolute Gasteiger partial charge is 0.351 e. The van der Waals surface area contributed by atoms with Gasteiger partial charge in [-0.1, -0.05) is 6.07 Å². The summed E-state index contributed by atoms with van der Waals surface area (Å²) in [6.45, 7) is 5.74. The van der Waals surface area contributed by atoms with Gasteiger partial charge >= 0.3 is 11.6 Å². The fourth-order valence-corrected chi connectivity index (χ4v) is 1.92. The quantitative estimate of drug-likeness (QED) is 0.603. The van der Waals surface area contributed by atoms with E-state index < -0.39 is 11.6 Å². The van der Waals surface area contributed by atoms with E-state index >= 15 is 0 Å². The number of fused-ring (bicyclic) bond motifs is 1. The van der Waals surface area contributed by atoms with Crippen LogP contribution < -0.4 is 5.63 Å². The Morgan fingerprint density at radius 2 is 2.00 bits per heavy atom. The van der Waals surface area contributed by atoms with E-state index in [9.17, 15) is 9.59 Å². The Morgan fingerprint density at radius 1 is 1.28 bits per heavy atom. The maximum Gasteiger partial charge on any atom is 0.351 e. The number of esters is 1. The molecule has 0 N–H and O–H groups in total. The lowest BCUT2D eigenvalue weighted by atomic mass is 10.1. The lowest BCUT2D eigenvalue weighted by Gasteiger charge is -2.05. The van der Waals surface area contributed by atoms with E-state index in [0.717, 1.165) is 16.5 Å². The molecule has 1 aromatic carbocycles. The van der Waals surface area contributed by atoms with Crippen LogP contribution in [-0.4, -0.2) is 12.6 Å². The number of rotatable bonds is 2. The van der Waals surface area contributed by atoms with E-state index in [1.165, 1.54) is 6.07 Å². The summed E-state index contributed by atoms with van der Waals surface area (Å²) in [5.74, 6) is -0.645. The monoisotopic (exact) mass is 246 g/mol. The van der Waals surface area contributed by atoms with Crippen molar-refractivity contribution in [2.45, 2.75) is 20.8 Å². The molecule has 2 aromatic rings. The van der Waals surface area contributed by atoms with E-state index in [0.29, 0.717) is 5.58 Å². The summed E-state index contributed by atoms with van der Waals surface area (Å²) in [4.78, 5) is 23.3. The van der Waals surface area contributed by atoms with Gasteiger partial charge in [0.25, 0.3) is 0 Å². The first-order valence-corrected chi connectivity index (χ1v) is 5.75. The molecule has 18 heavy (non-hydrogen) atoms. The van der Waals surface area contributed by atoms with Gasteiger partial charge in [0.1, 0.15) is 11.1 Å². The SMILES string of the molecule is CCOC(=O)c1cc2c(C)cc(C)cc2oc1=O. The van der Waals surface area contributed by atoms with E-state index in [-0.39, 0.29) is 12.2 Å². The molecule has 2 rings (SSSR count). The highest BCUT2D eigenvalue weighted by atomic mass is 16.5. The van der Waals surface area contributed by atoms with E-state index in [2.05, 4.69) is 0 Å². The van der Waals surface area contributed by atoms with Crippen LogP contribution in [0.3, 0.4) is 0 Å². The minimum Gasteiger partial charge on any atom is -0.462 e. The maximum absolute atomic E-state index is 11.7. The number of hydrogen-bond acceptors (Lipinski definition) is 4. The van der Waals surface area contributed by atoms with Crippen molar-refractivity contribution >= 4 is 16.9 Å². The van der Waals surface area contributed by atoms with Crippen LogP contribution in [0.1, 0.15) is 28.4 Å². The average molecular weight is 246 g/mol. The Hall–Kier alpha value is -2.10. The molecule has 0 spiro atoms. The standard InChI is InChI=1S/C14H14O4/c1-4-17-13(15)11-7-10-9(3)5-8(2)6-12(10)18-14(11)16/h5-7H,4H2,1-3H3. The molecule has 0 saturated heterocycles. The van der Waals surface area contributed by atoms with Gasteiger partial charge in [0.05, 0.1) is 6.61 Å². The second kappa shape index (κ2) is 4.64. The summed E-state index contributed by atoms with van der Waals surface area (Å²) in [5, 5.41) is 0.753. The molecule has 0 saturated carbocycles. The van der Waals surface area contributed by atoms with E-state index in [1.807, 2.05) is 19.9 Å². The van der Waals surface area contributed by atoms with Gasteiger partial charge in [0.15, 0.2) is 0 Å². The van der Waals surface area contributed by atoms with Crippen molar-refractivity contribution in [1.29, 1.82) is 0 Å². The van der Waals surface area contributed by atoms with Crippen LogP contribution in [0.5, 0.6) is 0 Å². The molecule has 0 amide bonds. The summed E-state index contributed by atoms with van der Waals surface area (Å²) < 4.78 is 9.99. The average Bonchev–Trinajstić information content (AvgIpc) is 2.27. The molecule has 0 aliphatic heterocycles. The topological polar surface area (TPSA) is 56.5 Å². The largest absolute Gasteiger partial charge is 0.462 e. The third-order valence-corrected chi connectivity index (χ3v) is 2.70. The van der Waals surface area contributed by atoms with Crippen molar-refractivity contribution < 1.29 is 13.9 Å². The van der Waals surface area contributed by atoms with Crippen LogP contribution in [0.25, 0.3) is 11.0 Å². The minimum absolute atomic E-state index is 0.0590. The Balaban J connectivity index is 2.69. The van der Waals surface area contributed by atoms with Crippen LogP contribution >= 0.6 is 0 Å². The van der Waals surface area contributed by atoms with Gasteiger partial charge in [-0.3, -0.25) is 0 Å². The number of carbonyl (C=O) groups is 1. The van der Waals surface area contributed by atoms with Crippen LogP contribution in [0.4, 0.5) is 0 Å². The van der Waals surface area contributed by atoms with Gasteiger partial charge in [-0.25, -0.2) is 9.59 Å². The Morgan fingerprint density at radius 3 is 2.67 bits per heavy atom. The predicted octanol–water partition coefficient (Wildman–Crippen LogP) is 2.59. The van der Waals surface area contributed by atoms with E-state index in [4.69, 9.17) is 9.15 Å². The molecular weight excluding hydrogens is 232 g/mol. The molecule has 0 aliphatic carbocycles. The Kier molecular flexibility index (Phi) is 3.19. The van der Waals surface area contributed by atoms with Gasteiger partial charge in [-0.15, -0.1) is 0 Å². The molecule has 0 atom stereocenters. The summed E-state index contributed by atoms with van der Waals surface area (Å²) in [6.07, 6.45) is 0. The summed E-state index contributed by atoms with van der Waals surface area (Å²) in [5.41, 5.74) is 1.74. The zero-order valence-electron chi connectivity index (χ0n) is 10.6. The Labute approximate surface area is 104 Å². The lowest BCUT2D eigenvalue weighted by Crippen LogP contribution is -2.16. The number of hydrogen-bond donors (Lipinski definition) is 0. The van der Waals surface area contributed by atoms with Crippen LogP contribution in [0, 0.1) is 13.8 Å². The lowest BCUT2D eigenvalue weighted by molar-refractivity contribution is 0.0522. The second-order valence-electron chi connectivity index (χ2n) is 4.16. The minimum atomic E-state index is -0.661. The third-order valence-electron chi connectivity index (χ3n) is 2.70. The van der Waals surface area contributed by atoms with Crippen molar-refractivity contribution in [2.24, 2.45) is 0 Å². The molecule has 4 nitrogen and oxygen atoms in total. The summed E-state index contributed by atoms with van der Waals surface area (Å²) in [6, 6.07) is 5.28. The molecule has 0 unspecified atom stereocenters. The molecule has 1 aromatic heterocycles. The number of aryl methyl sites for hydroxylation is 2. The van der Waals surface area contributed by atoms with Crippen molar-refractivity contribution in [3.63, 3.8) is 0 Å². The van der Waals surface area contributed by atoms with Crippen LogP contribution in [0.15, 0.2) is 27.4 Å². The van der Waals surface area contributed by atoms with E-state index in [1.54, 1.807) is 13.0 Å². The van der Waals surface area contributed by atoms with Gasteiger partial charge in [0, 0.05) is 5.39 Å². The van der Waals surface area contributed by atoms with Gasteiger partial charge in [0.2, 0.25) is 0 Å². The van der Waals surface area contributed by atoms with Crippen molar-refractivity contribution in [2.75, 3.05) is 6.61 Å². The number of benzene rings is 1. The molecule has 1 heterocycles. The third kappa shape index (κ3) is 2.14. The first-order valence-electron chi connectivity index (χ1n) is 5.75. The molecule has 94 valence electrons. The van der Waals surface area contributed by atoms with Gasteiger partial charge < -0.3 is 9.15 Å². The zero-order valence-corrected chi connectivity index (χ0v) is 10.6. The molecule has 4 heteroatoms. The van der Waals surface area contributed by atoms with Crippen LogP contribution in [0.2, 0.25) is 0 Å². The summed E-state index contributed by atoms with van der Waals surface area (Å²) in [7, 11) is 0. The van der Waals surface area contributed by atoms with Gasteiger partial charge in [-0.05, 0) is 44.0 Å². The zero-order chi connectivity index (χ0) is 13.3. The number of carbonyl (C=O) groups excluding carboxylic acids is 1. The van der Waals surface area contributed by atoms with Gasteiger partial charge in [-0.2, -0.15) is 0 Å². The predicted molar refractivity (Wildman–Crippen MR) is 67.9 cm³/mol. The highest BCUT2D eigenvalue weighted by molar-refractivity contribution is 5.93. The molecule has 0 radical (unpaired) electrons. The van der Waals surface area contributed by atoms with Crippen LogP contribution in [-0.2, 0) is 4.74 Å². The fourth-order valence-electron chi connectivity index (χ4n) is 1.92. The second-order valence-corrected chi connectivity index (χ2v) is 4.16. The van der Waals surface area contributed by atoms with Crippen molar-refractivity contribution in [1.82, 2.24) is 0 Å². The number of ether oxygens (including phenoxy) is 1. The summed E-state index contributed by atoms with van der Waals surface area (Å²) >= 11 is 0. The first-order chi connectivity index (χ1) is 8.52. The molecule has 0 fully saturated rings. The fraction of sp³-hybridized carbons (Fsp3) is 0.286. The maximum atomic E-state index is 11.7. The molecule has 0 aliphatic rings. The molecule has 0 bridgehead atoms. The normalized spacial score (nSPS) is 10.6.